The first-order valence-electron chi connectivity index (χ1n) is 9.73. The van der Waals surface area contributed by atoms with Gasteiger partial charge in [-0.25, -0.2) is 0 Å². The highest BCUT2D eigenvalue weighted by atomic mass is 127. The molecule has 0 spiro atoms. The van der Waals surface area contributed by atoms with Crippen molar-refractivity contribution in [3.05, 3.63) is 55.6 Å². The van der Waals surface area contributed by atoms with Gasteiger partial charge in [0.25, 0.3) is 0 Å². The molecule has 1 aliphatic carbocycles. The third-order valence-electron chi connectivity index (χ3n) is 5.70. The van der Waals surface area contributed by atoms with Crippen molar-refractivity contribution in [3.63, 3.8) is 0 Å². The fourth-order valence-electron chi connectivity index (χ4n) is 4.46. The van der Waals surface area contributed by atoms with Crippen molar-refractivity contribution in [2.24, 2.45) is 0 Å². The number of benzene rings is 2. The zero-order valence-corrected chi connectivity index (χ0v) is 19.1. The maximum atomic E-state index is 3.74. The highest BCUT2D eigenvalue weighted by Gasteiger charge is 2.42. The van der Waals surface area contributed by atoms with E-state index in [0.717, 1.165) is 0 Å². The second-order valence-electron chi connectivity index (χ2n) is 7.38. The molecular weight excluding hydrogens is 483 g/mol. The normalized spacial score (nSPS) is 14.4. The second kappa shape index (κ2) is 8.56. The quantitative estimate of drug-likeness (QED) is 0.246. The summed E-state index contributed by atoms with van der Waals surface area (Å²) in [5, 5.41) is 0. The van der Waals surface area contributed by atoms with Crippen LogP contribution in [0.25, 0.3) is 11.1 Å². The molecule has 2 aromatic rings. The van der Waals surface area contributed by atoms with E-state index in [0.29, 0.717) is 0 Å². The number of unbranched alkanes of at least 4 members (excludes halogenated alkanes) is 4. The zero-order chi connectivity index (χ0) is 17.9. The molecule has 134 valence electrons. The lowest BCUT2D eigenvalue weighted by molar-refractivity contribution is 0.405. The molecule has 2 heteroatoms. The molecule has 0 saturated carbocycles. The van der Waals surface area contributed by atoms with Gasteiger partial charge < -0.3 is 0 Å². The Morgan fingerprint density at radius 1 is 0.800 bits per heavy atom. The third-order valence-corrected chi connectivity index (χ3v) is 6.86. The minimum Gasteiger partial charge on any atom is -0.0654 e. The van der Waals surface area contributed by atoms with Gasteiger partial charge in [-0.05, 0) is 82.0 Å². The second-order valence-corrected chi connectivity index (χ2v) is 9.54. The summed E-state index contributed by atoms with van der Waals surface area (Å²) < 4.78 is 2.57. The van der Waals surface area contributed by atoms with E-state index >= 15 is 0 Å². The zero-order valence-electron chi connectivity index (χ0n) is 15.4. The van der Waals surface area contributed by atoms with E-state index in [-0.39, 0.29) is 5.41 Å². The van der Waals surface area contributed by atoms with Crippen LogP contribution in [0.1, 0.15) is 76.3 Å². The van der Waals surface area contributed by atoms with E-state index in [4.69, 9.17) is 0 Å². The first kappa shape index (κ1) is 19.4. The average Bonchev–Trinajstić information content (AvgIpc) is 2.85. The number of hydrogen-bond acceptors (Lipinski definition) is 0. The summed E-state index contributed by atoms with van der Waals surface area (Å²) in [6, 6.07) is 14.0. The van der Waals surface area contributed by atoms with Crippen LogP contribution in [0, 0.1) is 3.57 Å². The van der Waals surface area contributed by atoms with E-state index in [1.165, 1.54) is 70.5 Å². The molecule has 0 heterocycles. The molecule has 2 aromatic carbocycles. The van der Waals surface area contributed by atoms with Crippen molar-refractivity contribution in [1.82, 2.24) is 0 Å². The van der Waals surface area contributed by atoms with E-state index in [1.807, 2.05) is 0 Å². The smallest absolute Gasteiger partial charge is 0.0216 e. The molecule has 25 heavy (non-hydrogen) atoms. The van der Waals surface area contributed by atoms with Gasteiger partial charge in [-0.15, -0.1) is 0 Å². The van der Waals surface area contributed by atoms with Crippen LogP contribution in [-0.4, -0.2) is 0 Å². The van der Waals surface area contributed by atoms with Gasteiger partial charge >= 0.3 is 0 Å². The number of hydrogen-bond donors (Lipinski definition) is 0. The van der Waals surface area contributed by atoms with Gasteiger partial charge in [0.1, 0.15) is 0 Å². The minimum atomic E-state index is 0.208. The van der Waals surface area contributed by atoms with Gasteiger partial charge in [0.2, 0.25) is 0 Å². The lowest BCUT2D eigenvalue weighted by Crippen LogP contribution is -2.25. The highest BCUT2D eigenvalue weighted by molar-refractivity contribution is 14.1. The maximum Gasteiger partial charge on any atom is 0.0216 e. The number of rotatable bonds is 8. The van der Waals surface area contributed by atoms with Crippen LogP contribution < -0.4 is 0 Å². The summed E-state index contributed by atoms with van der Waals surface area (Å²) in [7, 11) is 0. The monoisotopic (exact) mass is 510 g/mol. The summed E-state index contributed by atoms with van der Waals surface area (Å²) in [5.74, 6) is 0. The Hall–Kier alpha value is -0.350. The average molecular weight is 511 g/mol. The number of halogens is 2. The topological polar surface area (TPSA) is 0 Å². The van der Waals surface area contributed by atoms with Gasteiger partial charge in [-0.1, -0.05) is 80.4 Å². The molecule has 0 nitrogen and oxygen atoms in total. The Labute approximate surface area is 175 Å². The summed E-state index contributed by atoms with van der Waals surface area (Å²) >= 11 is 6.21. The van der Waals surface area contributed by atoms with Crippen molar-refractivity contribution in [2.45, 2.75) is 70.6 Å². The third kappa shape index (κ3) is 3.85. The molecule has 0 saturated heterocycles. The lowest BCUT2D eigenvalue weighted by Gasteiger charge is -2.33. The summed E-state index contributed by atoms with van der Waals surface area (Å²) in [6.45, 7) is 4.61. The van der Waals surface area contributed by atoms with Crippen LogP contribution >= 0.6 is 38.5 Å². The highest BCUT2D eigenvalue weighted by Crippen LogP contribution is 2.54. The maximum absolute atomic E-state index is 3.74. The Morgan fingerprint density at radius 2 is 1.36 bits per heavy atom. The minimum absolute atomic E-state index is 0.208. The van der Waals surface area contributed by atoms with Crippen LogP contribution in [0.15, 0.2) is 40.9 Å². The molecule has 0 bridgehead atoms. The van der Waals surface area contributed by atoms with Crippen LogP contribution in [0.2, 0.25) is 0 Å². The largest absolute Gasteiger partial charge is 0.0654 e. The Balaban J connectivity index is 2.13. The van der Waals surface area contributed by atoms with Crippen molar-refractivity contribution in [3.8, 4) is 11.1 Å². The summed E-state index contributed by atoms with van der Waals surface area (Å²) in [5.41, 5.74) is 6.28. The first-order chi connectivity index (χ1) is 12.1. The summed E-state index contributed by atoms with van der Waals surface area (Å²) in [4.78, 5) is 0. The van der Waals surface area contributed by atoms with Crippen LogP contribution in [0.3, 0.4) is 0 Å². The van der Waals surface area contributed by atoms with E-state index in [9.17, 15) is 0 Å². The Bertz CT molecular complexity index is 671. The fraction of sp³-hybridized carbons (Fsp3) is 0.478. The van der Waals surface area contributed by atoms with Crippen molar-refractivity contribution >= 4 is 38.5 Å². The number of fused-ring (bicyclic) bond motifs is 3. The van der Waals surface area contributed by atoms with Gasteiger partial charge in [0, 0.05) is 13.5 Å². The molecule has 0 fully saturated rings. The molecule has 0 amide bonds. The summed E-state index contributed by atoms with van der Waals surface area (Å²) in [6.07, 6.45) is 10.4. The molecule has 0 atom stereocenters. The SMILES string of the molecule is CCCCCC1(CCCCC)c2cc(Br)ccc2-c2ccc(I)cc21. The lowest BCUT2D eigenvalue weighted by atomic mass is 9.70. The predicted octanol–water partition coefficient (Wildman–Crippen LogP) is 8.48. The molecule has 0 N–H and O–H groups in total. The molecule has 0 aromatic heterocycles. The van der Waals surface area contributed by atoms with Crippen LogP contribution in [0.5, 0.6) is 0 Å². The Morgan fingerprint density at radius 3 is 1.96 bits per heavy atom. The van der Waals surface area contributed by atoms with Crippen LogP contribution in [0.4, 0.5) is 0 Å². The van der Waals surface area contributed by atoms with Gasteiger partial charge in [0.15, 0.2) is 0 Å². The molecule has 3 rings (SSSR count). The fourth-order valence-corrected chi connectivity index (χ4v) is 5.31. The predicted molar refractivity (Wildman–Crippen MR) is 121 cm³/mol. The van der Waals surface area contributed by atoms with E-state index < -0.39 is 0 Å². The van der Waals surface area contributed by atoms with Gasteiger partial charge in [-0.3, -0.25) is 0 Å². The van der Waals surface area contributed by atoms with E-state index in [1.54, 1.807) is 11.1 Å². The Kier molecular flexibility index (Phi) is 6.65. The van der Waals surface area contributed by atoms with E-state index in [2.05, 4.69) is 88.8 Å². The standard InChI is InChI=1S/C23H28BrI/c1-3-5-7-13-23(14-8-6-4-2)21-15-17(24)9-11-19(21)20-12-10-18(25)16-22(20)23/h9-12,15-16H,3-8,13-14H2,1-2H3. The molecule has 0 unspecified atom stereocenters. The van der Waals surface area contributed by atoms with Gasteiger partial charge in [-0.2, -0.15) is 0 Å². The molecular formula is C23H28BrI. The van der Waals surface area contributed by atoms with Gasteiger partial charge in [0.05, 0.1) is 0 Å². The van der Waals surface area contributed by atoms with Crippen LogP contribution in [-0.2, 0) is 5.41 Å². The molecule has 0 aliphatic heterocycles. The van der Waals surface area contributed by atoms with Crippen molar-refractivity contribution in [1.29, 1.82) is 0 Å². The van der Waals surface area contributed by atoms with Crippen molar-refractivity contribution < 1.29 is 0 Å². The molecule has 1 aliphatic rings. The first-order valence-corrected chi connectivity index (χ1v) is 11.6. The molecule has 0 radical (unpaired) electrons. The van der Waals surface area contributed by atoms with Crippen molar-refractivity contribution in [2.75, 3.05) is 0 Å².